The molecule has 0 aliphatic rings. The third-order valence-electron chi connectivity index (χ3n) is 2.79. The van der Waals surface area contributed by atoms with Crippen LogP contribution in [-0.2, 0) is 0 Å². The van der Waals surface area contributed by atoms with Gasteiger partial charge in [0.05, 0.1) is 11.8 Å². The van der Waals surface area contributed by atoms with E-state index in [9.17, 15) is 4.79 Å². The van der Waals surface area contributed by atoms with Crippen molar-refractivity contribution in [2.75, 3.05) is 5.32 Å². The molecule has 2 aromatic heterocycles. The summed E-state index contributed by atoms with van der Waals surface area (Å²) in [6, 6.07) is 9.00. The molecule has 1 N–H and O–H groups in total. The number of aromatic nitrogens is 1. The first kappa shape index (κ1) is 11.7. The normalized spacial score (nSPS) is 10.6. The molecule has 0 unspecified atom stereocenters. The highest BCUT2D eigenvalue weighted by molar-refractivity contribution is 6.32. The minimum atomic E-state index is -0.303. The number of nitrogens with one attached hydrogen (secondary N) is 1. The van der Waals surface area contributed by atoms with Gasteiger partial charge in [-0.1, -0.05) is 12.1 Å². The topological polar surface area (TPSA) is 55.1 Å². The standard InChI is InChI=1S/C14H9ClN2O2/c15-13-11(5-7-19-13)14(18)17-12-3-1-2-9-8-16-6-4-10(9)12/h1-8H,(H,17,18). The van der Waals surface area contributed by atoms with Crippen LogP contribution in [0.25, 0.3) is 10.8 Å². The largest absolute Gasteiger partial charge is 0.452 e. The zero-order chi connectivity index (χ0) is 13.2. The van der Waals surface area contributed by atoms with Crippen molar-refractivity contribution in [3.63, 3.8) is 0 Å². The fraction of sp³-hybridized carbons (Fsp3) is 0. The van der Waals surface area contributed by atoms with Crippen LogP contribution in [0.4, 0.5) is 5.69 Å². The van der Waals surface area contributed by atoms with Gasteiger partial charge in [-0.3, -0.25) is 9.78 Å². The lowest BCUT2D eigenvalue weighted by atomic mass is 10.1. The molecule has 19 heavy (non-hydrogen) atoms. The summed E-state index contributed by atoms with van der Waals surface area (Å²) < 4.78 is 4.91. The molecule has 0 saturated carbocycles. The first-order valence-corrected chi connectivity index (χ1v) is 6.00. The maximum Gasteiger partial charge on any atom is 0.260 e. The van der Waals surface area contributed by atoms with Crippen molar-refractivity contribution in [3.8, 4) is 0 Å². The fourth-order valence-corrected chi connectivity index (χ4v) is 2.08. The van der Waals surface area contributed by atoms with Gasteiger partial charge in [0.15, 0.2) is 0 Å². The molecule has 0 aliphatic heterocycles. The molecular formula is C14H9ClN2O2. The molecule has 0 saturated heterocycles. The Hall–Kier alpha value is -2.33. The van der Waals surface area contributed by atoms with Crippen LogP contribution in [0.15, 0.2) is 53.4 Å². The van der Waals surface area contributed by atoms with Gasteiger partial charge in [0.2, 0.25) is 5.22 Å². The van der Waals surface area contributed by atoms with Crippen LogP contribution in [-0.4, -0.2) is 10.9 Å². The molecule has 1 aromatic carbocycles. The second-order valence-electron chi connectivity index (χ2n) is 3.96. The molecule has 0 aliphatic carbocycles. The second-order valence-corrected chi connectivity index (χ2v) is 4.31. The zero-order valence-electron chi connectivity index (χ0n) is 9.76. The van der Waals surface area contributed by atoms with Gasteiger partial charge in [-0.15, -0.1) is 0 Å². The number of furan rings is 1. The van der Waals surface area contributed by atoms with Crippen molar-refractivity contribution in [3.05, 3.63) is 59.8 Å². The van der Waals surface area contributed by atoms with Gasteiger partial charge < -0.3 is 9.73 Å². The van der Waals surface area contributed by atoms with Gasteiger partial charge in [0, 0.05) is 28.9 Å². The number of pyridine rings is 1. The Balaban J connectivity index is 1.98. The molecule has 94 valence electrons. The third-order valence-corrected chi connectivity index (χ3v) is 3.08. The van der Waals surface area contributed by atoms with Crippen LogP contribution < -0.4 is 5.32 Å². The number of anilines is 1. The molecule has 1 amide bonds. The number of fused-ring (bicyclic) bond motifs is 1. The molecule has 0 fully saturated rings. The predicted octanol–water partition coefficient (Wildman–Crippen LogP) is 3.73. The van der Waals surface area contributed by atoms with Crippen LogP contribution in [0.5, 0.6) is 0 Å². The van der Waals surface area contributed by atoms with E-state index in [1.165, 1.54) is 12.3 Å². The van der Waals surface area contributed by atoms with Gasteiger partial charge in [0.1, 0.15) is 0 Å². The first-order chi connectivity index (χ1) is 9.25. The van der Waals surface area contributed by atoms with Gasteiger partial charge in [-0.25, -0.2) is 0 Å². The van der Waals surface area contributed by atoms with E-state index in [4.69, 9.17) is 16.0 Å². The van der Waals surface area contributed by atoms with Gasteiger partial charge in [-0.2, -0.15) is 0 Å². The SMILES string of the molecule is O=C(Nc1cccc2cnccc12)c1ccoc1Cl. The number of carbonyl (C=O) groups excluding carboxylic acids is 1. The number of benzene rings is 1. The van der Waals surface area contributed by atoms with E-state index in [2.05, 4.69) is 10.3 Å². The number of halogens is 1. The van der Waals surface area contributed by atoms with E-state index in [-0.39, 0.29) is 11.1 Å². The Morgan fingerprint density at radius 3 is 2.95 bits per heavy atom. The van der Waals surface area contributed by atoms with Gasteiger partial charge in [0.25, 0.3) is 5.91 Å². The van der Waals surface area contributed by atoms with Crippen LogP contribution in [0.2, 0.25) is 5.22 Å². The van der Waals surface area contributed by atoms with E-state index in [0.29, 0.717) is 11.3 Å². The summed E-state index contributed by atoms with van der Waals surface area (Å²) in [4.78, 5) is 16.1. The lowest BCUT2D eigenvalue weighted by molar-refractivity contribution is 0.102. The number of rotatable bonds is 2. The van der Waals surface area contributed by atoms with Crippen molar-refractivity contribution < 1.29 is 9.21 Å². The van der Waals surface area contributed by atoms with E-state index in [0.717, 1.165) is 10.8 Å². The van der Waals surface area contributed by atoms with Crippen molar-refractivity contribution in [1.82, 2.24) is 4.98 Å². The number of carbonyl (C=O) groups is 1. The number of amides is 1. The van der Waals surface area contributed by atoms with Crippen LogP contribution in [0.1, 0.15) is 10.4 Å². The maximum absolute atomic E-state index is 12.1. The van der Waals surface area contributed by atoms with Gasteiger partial charge in [-0.05, 0) is 29.8 Å². The molecule has 4 nitrogen and oxygen atoms in total. The summed E-state index contributed by atoms with van der Waals surface area (Å²) in [6.07, 6.45) is 4.81. The highest BCUT2D eigenvalue weighted by Gasteiger charge is 2.14. The van der Waals surface area contributed by atoms with E-state index in [1.54, 1.807) is 12.4 Å². The van der Waals surface area contributed by atoms with Crippen molar-refractivity contribution >= 4 is 34.0 Å². The van der Waals surface area contributed by atoms with Crippen molar-refractivity contribution in [2.45, 2.75) is 0 Å². The van der Waals surface area contributed by atoms with Crippen LogP contribution >= 0.6 is 11.6 Å². The maximum atomic E-state index is 12.1. The molecule has 5 heteroatoms. The zero-order valence-corrected chi connectivity index (χ0v) is 10.5. The summed E-state index contributed by atoms with van der Waals surface area (Å²) in [5.41, 5.74) is 1.02. The minimum absolute atomic E-state index is 0.0828. The van der Waals surface area contributed by atoms with E-state index < -0.39 is 0 Å². The summed E-state index contributed by atoms with van der Waals surface area (Å²) in [7, 11) is 0. The summed E-state index contributed by atoms with van der Waals surface area (Å²) in [5, 5.41) is 4.78. The van der Waals surface area contributed by atoms with E-state index >= 15 is 0 Å². The molecule has 0 radical (unpaired) electrons. The molecule has 3 aromatic rings. The van der Waals surface area contributed by atoms with Crippen molar-refractivity contribution in [2.24, 2.45) is 0 Å². The third kappa shape index (κ3) is 2.18. The second kappa shape index (κ2) is 4.74. The minimum Gasteiger partial charge on any atom is -0.452 e. The molecule has 0 atom stereocenters. The Kier molecular flexibility index (Phi) is 2.93. The summed E-state index contributed by atoms with van der Waals surface area (Å²) >= 11 is 5.78. The quantitative estimate of drug-likeness (QED) is 0.773. The van der Waals surface area contributed by atoms with Crippen LogP contribution in [0, 0.1) is 0 Å². The first-order valence-electron chi connectivity index (χ1n) is 5.63. The van der Waals surface area contributed by atoms with E-state index in [1.807, 2.05) is 24.3 Å². The number of hydrogen-bond acceptors (Lipinski definition) is 3. The number of nitrogens with zero attached hydrogens (tertiary/aromatic N) is 1. The number of hydrogen-bond donors (Lipinski definition) is 1. The molecule has 2 heterocycles. The Labute approximate surface area is 114 Å². The monoisotopic (exact) mass is 272 g/mol. The molecule has 0 bridgehead atoms. The summed E-state index contributed by atoms with van der Waals surface area (Å²) in [6.45, 7) is 0. The highest BCUT2D eigenvalue weighted by atomic mass is 35.5. The Morgan fingerprint density at radius 1 is 1.26 bits per heavy atom. The summed E-state index contributed by atoms with van der Waals surface area (Å²) in [5.74, 6) is -0.303. The molecular weight excluding hydrogens is 264 g/mol. The molecule has 0 spiro atoms. The predicted molar refractivity (Wildman–Crippen MR) is 73.4 cm³/mol. The highest BCUT2D eigenvalue weighted by Crippen LogP contribution is 2.24. The lowest BCUT2D eigenvalue weighted by Crippen LogP contribution is -2.11. The Bertz CT molecular complexity index is 747. The smallest absolute Gasteiger partial charge is 0.260 e. The Morgan fingerprint density at radius 2 is 2.16 bits per heavy atom. The van der Waals surface area contributed by atoms with Gasteiger partial charge >= 0.3 is 0 Å². The average Bonchev–Trinajstić information content (AvgIpc) is 2.85. The average molecular weight is 273 g/mol. The fourth-order valence-electron chi connectivity index (χ4n) is 1.88. The van der Waals surface area contributed by atoms with Crippen LogP contribution in [0.3, 0.4) is 0 Å². The van der Waals surface area contributed by atoms with Crippen molar-refractivity contribution in [1.29, 1.82) is 0 Å². The lowest BCUT2D eigenvalue weighted by Gasteiger charge is -2.07. The molecule has 3 rings (SSSR count).